The van der Waals surface area contributed by atoms with Crippen LogP contribution in [-0.2, 0) is 19.6 Å². The highest BCUT2D eigenvalue weighted by Gasteiger charge is 2.21. The molecule has 22 heavy (non-hydrogen) atoms. The van der Waals surface area contributed by atoms with E-state index in [2.05, 4.69) is 5.32 Å². The lowest BCUT2D eigenvalue weighted by molar-refractivity contribution is -0.121. The van der Waals surface area contributed by atoms with E-state index in [1.54, 1.807) is 24.3 Å². The zero-order chi connectivity index (χ0) is 16.0. The first-order chi connectivity index (χ1) is 10.5. The number of ether oxygens (including phenoxy) is 1. The minimum atomic E-state index is -3.50. The molecule has 1 unspecified atom stereocenters. The number of anilines is 1. The molecule has 0 bridgehead atoms. The van der Waals surface area contributed by atoms with Crippen LogP contribution >= 0.6 is 0 Å². The Hall–Kier alpha value is -1.60. The Morgan fingerprint density at radius 3 is 2.73 bits per heavy atom. The molecule has 1 amide bonds. The van der Waals surface area contributed by atoms with Gasteiger partial charge in [-0.05, 0) is 25.0 Å². The van der Waals surface area contributed by atoms with Crippen molar-refractivity contribution in [1.82, 2.24) is 5.32 Å². The van der Waals surface area contributed by atoms with Gasteiger partial charge in [0.15, 0.2) is 0 Å². The first kappa shape index (κ1) is 16.8. The van der Waals surface area contributed by atoms with Gasteiger partial charge in [0.05, 0.1) is 17.5 Å². The molecular weight excluding hydrogens is 304 g/mol. The van der Waals surface area contributed by atoms with Crippen molar-refractivity contribution in [3.8, 4) is 0 Å². The van der Waals surface area contributed by atoms with Gasteiger partial charge in [-0.1, -0.05) is 18.2 Å². The fourth-order valence-corrected chi connectivity index (χ4v) is 3.44. The number of carbonyl (C=O) groups is 1. The van der Waals surface area contributed by atoms with Gasteiger partial charge in [0.1, 0.15) is 0 Å². The number of carbonyl (C=O) groups excluding carboxylic acids is 1. The molecule has 1 fully saturated rings. The summed E-state index contributed by atoms with van der Waals surface area (Å²) in [5.41, 5.74) is 0.585. The van der Waals surface area contributed by atoms with Gasteiger partial charge < -0.3 is 10.1 Å². The number of sulfonamides is 1. The minimum absolute atomic E-state index is 0.0494. The molecule has 0 aromatic heterocycles. The highest BCUT2D eigenvalue weighted by molar-refractivity contribution is 7.92. The molecule has 1 aromatic rings. The lowest BCUT2D eigenvalue weighted by atomic mass is 10.2. The van der Waals surface area contributed by atoms with Crippen LogP contribution in [0.3, 0.4) is 0 Å². The van der Waals surface area contributed by atoms with Gasteiger partial charge in [-0.3, -0.25) is 9.10 Å². The van der Waals surface area contributed by atoms with Gasteiger partial charge in [0.2, 0.25) is 15.9 Å². The van der Waals surface area contributed by atoms with E-state index in [-0.39, 0.29) is 24.2 Å². The molecule has 6 nitrogen and oxygen atoms in total. The second-order valence-electron chi connectivity index (χ2n) is 5.31. The van der Waals surface area contributed by atoms with Crippen LogP contribution in [0.1, 0.15) is 19.3 Å². The average Bonchev–Trinajstić information content (AvgIpc) is 3.04. The molecule has 2 rings (SSSR count). The van der Waals surface area contributed by atoms with Crippen LogP contribution < -0.4 is 9.62 Å². The third-order valence-corrected chi connectivity index (χ3v) is 5.44. The van der Waals surface area contributed by atoms with E-state index in [4.69, 9.17) is 4.74 Å². The van der Waals surface area contributed by atoms with Gasteiger partial charge in [-0.25, -0.2) is 8.42 Å². The quantitative estimate of drug-likeness (QED) is 0.815. The smallest absolute Gasteiger partial charge is 0.235 e. The van der Waals surface area contributed by atoms with E-state index < -0.39 is 10.0 Å². The van der Waals surface area contributed by atoms with Crippen molar-refractivity contribution >= 4 is 21.6 Å². The predicted molar refractivity (Wildman–Crippen MR) is 85.2 cm³/mol. The first-order valence-electron chi connectivity index (χ1n) is 7.39. The van der Waals surface area contributed by atoms with E-state index in [0.29, 0.717) is 12.2 Å². The maximum absolute atomic E-state index is 12.2. The summed E-state index contributed by atoms with van der Waals surface area (Å²) in [4.78, 5) is 11.8. The molecular formula is C15H22N2O4S. The van der Waals surface area contributed by atoms with Gasteiger partial charge in [-0.15, -0.1) is 0 Å². The predicted octanol–water partition coefficient (Wildman–Crippen LogP) is 1.14. The molecule has 1 atom stereocenters. The highest BCUT2D eigenvalue weighted by atomic mass is 32.2. The maximum atomic E-state index is 12.2. The van der Waals surface area contributed by atoms with E-state index in [1.807, 2.05) is 6.07 Å². The summed E-state index contributed by atoms with van der Waals surface area (Å²) in [5, 5.41) is 2.73. The van der Waals surface area contributed by atoms with E-state index in [9.17, 15) is 13.2 Å². The average molecular weight is 326 g/mol. The van der Waals surface area contributed by atoms with Crippen LogP contribution in [0.4, 0.5) is 5.69 Å². The molecule has 1 aliphatic rings. The van der Waals surface area contributed by atoms with Crippen LogP contribution in [0.25, 0.3) is 0 Å². The van der Waals surface area contributed by atoms with Gasteiger partial charge in [-0.2, -0.15) is 0 Å². The number of benzene rings is 1. The van der Waals surface area contributed by atoms with Crippen LogP contribution in [-0.4, -0.2) is 46.4 Å². The third kappa shape index (κ3) is 4.71. The first-order valence-corrected chi connectivity index (χ1v) is 9.00. The number of amides is 1. The molecule has 0 spiro atoms. The Bertz CT molecular complexity index is 583. The van der Waals surface area contributed by atoms with E-state index in [0.717, 1.165) is 19.4 Å². The van der Waals surface area contributed by atoms with Crippen LogP contribution in [0.2, 0.25) is 0 Å². The number of nitrogens with zero attached hydrogens (tertiary/aromatic N) is 1. The van der Waals surface area contributed by atoms with Crippen molar-refractivity contribution in [2.24, 2.45) is 0 Å². The Labute approximate surface area is 131 Å². The topological polar surface area (TPSA) is 75.7 Å². The summed E-state index contributed by atoms with van der Waals surface area (Å²) in [5.74, 6) is -0.476. The van der Waals surface area contributed by atoms with Gasteiger partial charge in [0, 0.05) is 26.6 Å². The van der Waals surface area contributed by atoms with Gasteiger partial charge >= 0.3 is 0 Å². The number of hydrogen-bond acceptors (Lipinski definition) is 4. The molecule has 0 aliphatic carbocycles. The number of hydrogen-bond donors (Lipinski definition) is 1. The summed E-state index contributed by atoms with van der Waals surface area (Å²) in [6, 6.07) is 8.80. The maximum Gasteiger partial charge on any atom is 0.235 e. The largest absolute Gasteiger partial charge is 0.376 e. The third-order valence-electron chi connectivity index (χ3n) is 3.68. The van der Waals surface area contributed by atoms with Gasteiger partial charge in [0.25, 0.3) is 0 Å². The summed E-state index contributed by atoms with van der Waals surface area (Å²) >= 11 is 0. The minimum Gasteiger partial charge on any atom is -0.376 e. The fraction of sp³-hybridized carbons (Fsp3) is 0.533. The molecule has 0 saturated carbocycles. The van der Waals surface area contributed by atoms with Crippen molar-refractivity contribution < 1.29 is 17.9 Å². The van der Waals surface area contributed by atoms with Crippen molar-refractivity contribution in [3.05, 3.63) is 30.3 Å². The standard InChI is InChI=1S/C15H22N2O4S/c1-17(13-6-3-2-4-7-13)22(19,20)11-9-15(18)16-12-14-8-5-10-21-14/h2-4,6-7,14H,5,8-12H2,1H3,(H,16,18). The highest BCUT2D eigenvalue weighted by Crippen LogP contribution is 2.16. The summed E-state index contributed by atoms with van der Waals surface area (Å²) < 4.78 is 31.0. The normalized spacial score (nSPS) is 18.1. The summed E-state index contributed by atoms with van der Waals surface area (Å²) in [7, 11) is -2.01. The fourth-order valence-electron chi connectivity index (χ4n) is 2.28. The van der Waals surface area contributed by atoms with E-state index in [1.165, 1.54) is 11.4 Å². The number of para-hydroxylation sites is 1. The Balaban J connectivity index is 1.80. The second-order valence-corrected chi connectivity index (χ2v) is 7.43. The van der Waals surface area contributed by atoms with Crippen LogP contribution in [0.5, 0.6) is 0 Å². The number of nitrogens with one attached hydrogen (secondary N) is 1. The summed E-state index contributed by atoms with van der Waals surface area (Å²) in [6.07, 6.45) is 1.96. The lowest BCUT2D eigenvalue weighted by Crippen LogP contribution is -2.35. The molecule has 1 heterocycles. The van der Waals surface area contributed by atoms with Crippen LogP contribution in [0, 0.1) is 0 Å². The van der Waals surface area contributed by atoms with Crippen molar-refractivity contribution in [3.63, 3.8) is 0 Å². The van der Waals surface area contributed by atoms with Crippen molar-refractivity contribution in [2.75, 3.05) is 30.3 Å². The molecule has 0 radical (unpaired) electrons. The molecule has 1 aliphatic heterocycles. The number of rotatable bonds is 7. The Morgan fingerprint density at radius 1 is 1.36 bits per heavy atom. The van der Waals surface area contributed by atoms with Crippen LogP contribution in [0.15, 0.2) is 30.3 Å². The zero-order valence-electron chi connectivity index (χ0n) is 12.7. The lowest BCUT2D eigenvalue weighted by Gasteiger charge is -2.19. The molecule has 1 aromatic carbocycles. The Kier molecular flexibility index (Phi) is 5.79. The Morgan fingerprint density at radius 2 is 2.09 bits per heavy atom. The summed E-state index contributed by atoms with van der Waals surface area (Å²) in [6.45, 7) is 1.18. The molecule has 1 N–H and O–H groups in total. The SMILES string of the molecule is CN(c1ccccc1)S(=O)(=O)CCC(=O)NCC1CCCO1. The van der Waals surface area contributed by atoms with Crippen molar-refractivity contribution in [1.29, 1.82) is 0 Å². The van der Waals surface area contributed by atoms with Crippen molar-refractivity contribution in [2.45, 2.75) is 25.4 Å². The molecule has 7 heteroatoms. The zero-order valence-corrected chi connectivity index (χ0v) is 13.5. The molecule has 122 valence electrons. The molecule has 1 saturated heterocycles. The van der Waals surface area contributed by atoms with E-state index >= 15 is 0 Å². The monoisotopic (exact) mass is 326 g/mol. The second kappa shape index (κ2) is 7.60.